The van der Waals surface area contributed by atoms with E-state index in [1.165, 1.54) is 6.07 Å². The van der Waals surface area contributed by atoms with E-state index in [9.17, 15) is 8.42 Å². The Morgan fingerprint density at radius 3 is 2.75 bits per heavy atom. The number of thiophene rings is 1. The van der Waals surface area contributed by atoms with Gasteiger partial charge in [0.05, 0.1) is 5.69 Å². The fraction of sp³-hybridized carbons (Fsp3) is 0.231. The van der Waals surface area contributed by atoms with Gasteiger partial charge in [0.2, 0.25) is 10.0 Å². The maximum atomic E-state index is 12.3. The number of nitrogens with one attached hydrogen (secondary N) is 1. The van der Waals surface area contributed by atoms with Crippen molar-refractivity contribution in [2.24, 2.45) is 0 Å². The minimum atomic E-state index is -3.60. The first-order chi connectivity index (χ1) is 9.38. The highest BCUT2D eigenvalue weighted by Gasteiger charge is 2.20. The van der Waals surface area contributed by atoms with Crippen LogP contribution in [0.15, 0.2) is 45.1 Å². The number of hydrogen-bond donors (Lipinski definition) is 2. The van der Waals surface area contributed by atoms with E-state index in [2.05, 4.69) is 20.7 Å². The molecule has 0 aliphatic rings. The third-order valence-electron chi connectivity index (χ3n) is 2.71. The van der Waals surface area contributed by atoms with Gasteiger partial charge in [0.25, 0.3) is 0 Å². The highest BCUT2D eigenvalue weighted by atomic mass is 79.9. The molecule has 0 amide bonds. The maximum Gasteiger partial charge on any atom is 0.242 e. The van der Waals surface area contributed by atoms with Gasteiger partial charge >= 0.3 is 0 Å². The van der Waals surface area contributed by atoms with Gasteiger partial charge in [0.15, 0.2) is 0 Å². The molecule has 0 aliphatic heterocycles. The van der Waals surface area contributed by atoms with Crippen molar-refractivity contribution in [1.29, 1.82) is 0 Å². The molecule has 0 aliphatic carbocycles. The van der Waals surface area contributed by atoms with Crippen molar-refractivity contribution in [3.05, 3.63) is 45.1 Å². The molecule has 20 heavy (non-hydrogen) atoms. The van der Waals surface area contributed by atoms with Crippen molar-refractivity contribution in [1.82, 2.24) is 4.72 Å². The minimum absolute atomic E-state index is 0.110. The molecule has 2 aromatic rings. The summed E-state index contributed by atoms with van der Waals surface area (Å²) >= 11 is 4.87. The summed E-state index contributed by atoms with van der Waals surface area (Å²) in [6.07, 6.45) is 0.660. The first kappa shape index (κ1) is 15.5. The number of rotatable bonds is 5. The molecular weight excluding hydrogens is 360 g/mol. The molecule has 1 aromatic carbocycles. The Hall–Kier alpha value is -0.890. The Morgan fingerprint density at radius 1 is 1.40 bits per heavy atom. The number of benzene rings is 1. The molecular formula is C13H15BrN2O2S2. The lowest BCUT2D eigenvalue weighted by Gasteiger charge is -2.14. The first-order valence-corrected chi connectivity index (χ1v) is 9.14. The number of sulfonamides is 1. The normalized spacial score (nSPS) is 13.3. The van der Waals surface area contributed by atoms with Gasteiger partial charge in [-0.3, -0.25) is 0 Å². The molecule has 2 rings (SSSR count). The van der Waals surface area contributed by atoms with Crippen molar-refractivity contribution in [2.45, 2.75) is 24.3 Å². The minimum Gasteiger partial charge on any atom is -0.398 e. The molecule has 0 saturated carbocycles. The summed E-state index contributed by atoms with van der Waals surface area (Å²) in [6, 6.07) is 8.49. The van der Waals surface area contributed by atoms with Gasteiger partial charge in [0, 0.05) is 15.4 Å². The molecule has 7 heteroatoms. The van der Waals surface area contributed by atoms with E-state index in [1.54, 1.807) is 23.5 Å². The van der Waals surface area contributed by atoms with Crippen LogP contribution in [0.2, 0.25) is 0 Å². The van der Waals surface area contributed by atoms with Crippen LogP contribution in [0.1, 0.15) is 11.8 Å². The lowest BCUT2D eigenvalue weighted by Crippen LogP contribution is -2.34. The third kappa shape index (κ3) is 3.82. The lowest BCUT2D eigenvalue weighted by molar-refractivity contribution is 0.561. The SMILES string of the molecule is CC(Cc1cccs1)NS(=O)(=O)c1ccc(Br)cc1N. The molecule has 4 nitrogen and oxygen atoms in total. The summed E-state index contributed by atoms with van der Waals surface area (Å²) in [5, 5.41) is 1.98. The molecule has 0 fully saturated rings. The van der Waals surface area contributed by atoms with Gasteiger partial charge in [-0.05, 0) is 43.0 Å². The van der Waals surface area contributed by atoms with Gasteiger partial charge in [-0.2, -0.15) is 0 Å². The summed E-state index contributed by atoms with van der Waals surface area (Å²) in [4.78, 5) is 1.25. The van der Waals surface area contributed by atoms with Gasteiger partial charge < -0.3 is 5.73 Å². The summed E-state index contributed by atoms with van der Waals surface area (Å²) in [6.45, 7) is 1.84. The van der Waals surface area contributed by atoms with E-state index < -0.39 is 10.0 Å². The zero-order valence-electron chi connectivity index (χ0n) is 10.8. The van der Waals surface area contributed by atoms with Gasteiger partial charge in [-0.1, -0.05) is 22.0 Å². The Kier molecular flexibility index (Phi) is 4.85. The smallest absolute Gasteiger partial charge is 0.242 e. The molecule has 1 aromatic heterocycles. The van der Waals surface area contributed by atoms with E-state index in [1.807, 2.05) is 24.4 Å². The van der Waals surface area contributed by atoms with Crippen LogP contribution in [0.5, 0.6) is 0 Å². The fourth-order valence-corrected chi connectivity index (χ4v) is 4.44. The van der Waals surface area contributed by atoms with Crippen LogP contribution in [0.3, 0.4) is 0 Å². The molecule has 0 radical (unpaired) electrons. The first-order valence-electron chi connectivity index (χ1n) is 5.98. The number of hydrogen-bond acceptors (Lipinski definition) is 4. The number of anilines is 1. The van der Waals surface area contributed by atoms with E-state index in [4.69, 9.17) is 5.73 Å². The average Bonchev–Trinajstić information content (AvgIpc) is 2.79. The Balaban J connectivity index is 2.14. The van der Waals surface area contributed by atoms with E-state index in [-0.39, 0.29) is 16.6 Å². The van der Waals surface area contributed by atoms with Crippen LogP contribution in [-0.2, 0) is 16.4 Å². The van der Waals surface area contributed by atoms with Crippen LogP contribution in [0.4, 0.5) is 5.69 Å². The van der Waals surface area contributed by atoms with Crippen molar-refractivity contribution in [3.8, 4) is 0 Å². The highest BCUT2D eigenvalue weighted by molar-refractivity contribution is 9.10. The molecule has 0 bridgehead atoms. The van der Waals surface area contributed by atoms with Gasteiger partial charge in [-0.25, -0.2) is 13.1 Å². The van der Waals surface area contributed by atoms with Crippen LogP contribution < -0.4 is 10.5 Å². The molecule has 3 N–H and O–H groups in total. The zero-order valence-corrected chi connectivity index (χ0v) is 14.1. The third-order valence-corrected chi connectivity index (χ3v) is 5.76. The van der Waals surface area contributed by atoms with E-state index in [0.29, 0.717) is 6.42 Å². The van der Waals surface area contributed by atoms with Crippen LogP contribution in [0.25, 0.3) is 0 Å². The van der Waals surface area contributed by atoms with Crippen LogP contribution in [0, 0.1) is 0 Å². The second-order valence-corrected chi connectivity index (χ2v) is 8.12. The lowest BCUT2D eigenvalue weighted by atomic mass is 10.2. The highest BCUT2D eigenvalue weighted by Crippen LogP contribution is 2.23. The Bertz CT molecular complexity index is 684. The number of halogens is 1. The second kappa shape index (κ2) is 6.26. The predicted molar refractivity (Wildman–Crippen MR) is 86.4 cm³/mol. The number of nitrogen functional groups attached to an aromatic ring is 1. The topological polar surface area (TPSA) is 72.2 Å². The summed E-state index contributed by atoms with van der Waals surface area (Å²) in [5.74, 6) is 0. The molecule has 108 valence electrons. The molecule has 1 heterocycles. The van der Waals surface area contributed by atoms with Crippen LogP contribution in [-0.4, -0.2) is 14.5 Å². The standard InChI is InChI=1S/C13H15BrN2O2S2/c1-9(7-11-3-2-6-19-11)16-20(17,18)13-5-4-10(14)8-12(13)15/h2-6,8-9,16H,7,15H2,1H3. The quantitative estimate of drug-likeness (QED) is 0.790. The molecule has 1 atom stereocenters. The number of nitrogens with two attached hydrogens (primary N) is 1. The summed E-state index contributed by atoms with van der Waals surface area (Å²) in [7, 11) is -3.60. The fourth-order valence-electron chi connectivity index (χ4n) is 1.86. The average molecular weight is 375 g/mol. The Morgan fingerprint density at radius 2 is 2.15 bits per heavy atom. The van der Waals surface area contributed by atoms with Crippen molar-refractivity contribution < 1.29 is 8.42 Å². The second-order valence-electron chi connectivity index (χ2n) is 4.49. The summed E-state index contributed by atoms with van der Waals surface area (Å²) in [5.41, 5.74) is 6.00. The maximum absolute atomic E-state index is 12.3. The van der Waals surface area contributed by atoms with Crippen molar-refractivity contribution in [2.75, 3.05) is 5.73 Å². The predicted octanol–water partition coefficient (Wildman–Crippen LogP) is 3.00. The molecule has 0 spiro atoms. The van der Waals surface area contributed by atoms with Crippen molar-refractivity contribution in [3.63, 3.8) is 0 Å². The van der Waals surface area contributed by atoms with Gasteiger partial charge in [0.1, 0.15) is 4.90 Å². The van der Waals surface area contributed by atoms with Crippen molar-refractivity contribution >= 4 is 43.0 Å². The largest absolute Gasteiger partial charge is 0.398 e. The van der Waals surface area contributed by atoms with E-state index >= 15 is 0 Å². The zero-order chi connectivity index (χ0) is 14.8. The van der Waals surface area contributed by atoms with Crippen LogP contribution >= 0.6 is 27.3 Å². The Labute approximate surface area is 131 Å². The van der Waals surface area contributed by atoms with E-state index in [0.717, 1.165) is 9.35 Å². The summed E-state index contributed by atoms with van der Waals surface area (Å²) < 4.78 is 28.0. The van der Waals surface area contributed by atoms with Gasteiger partial charge in [-0.15, -0.1) is 11.3 Å². The molecule has 0 saturated heterocycles. The molecule has 1 unspecified atom stereocenters. The monoisotopic (exact) mass is 374 g/mol.